The number of hydrogen-bond donors (Lipinski definition) is 2. The second-order valence-electron chi connectivity index (χ2n) is 6.97. The molecule has 0 fully saturated rings. The SMILES string of the molecule is C/C(=C\c1nccnc1C)C(=O)NCC(O)CN1CCc2ccccc2C1. The third-order valence-corrected chi connectivity index (χ3v) is 4.81. The van der Waals surface area contributed by atoms with Crippen LogP contribution in [-0.2, 0) is 17.8 Å². The molecule has 1 aromatic heterocycles. The largest absolute Gasteiger partial charge is 0.390 e. The van der Waals surface area contributed by atoms with Crippen LogP contribution in [0.4, 0.5) is 0 Å². The molecule has 2 aromatic rings. The van der Waals surface area contributed by atoms with Gasteiger partial charge in [0.1, 0.15) is 0 Å². The number of aliphatic hydroxyl groups excluding tert-OH is 1. The third-order valence-electron chi connectivity index (χ3n) is 4.81. The highest BCUT2D eigenvalue weighted by Gasteiger charge is 2.19. The molecule has 1 aliphatic heterocycles. The molecule has 3 rings (SSSR count). The standard InChI is InChI=1S/C21H26N4O2/c1-15(11-20-16(2)22-8-9-23-20)21(27)24-12-19(26)14-25-10-7-17-5-3-4-6-18(17)13-25/h3-6,8-9,11,19,26H,7,10,12-14H2,1-2H3,(H,24,27)/b15-11+. The first-order valence-corrected chi connectivity index (χ1v) is 9.24. The van der Waals surface area contributed by atoms with Gasteiger partial charge in [-0.2, -0.15) is 0 Å². The van der Waals surface area contributed by atoms with Gasteiger partial charge in [-0.15, -0.1) is 0 Å². The summed E-state index contributed by atoms with van der Waals surface area (Å²) in [7, 11) is 0. The lowest BCUT2D eigenvalue weighted by atomic mass is 10.00. The number of rotatable bonds is 6. The molecule has 1 aliphatic rings. The van der Waals surface area contributed by atoms with Gasteiger partial charge < -0.3 is 10.4 Å². The Kier molecular flexibility index (Phi) is 6.32. The van der Waals surface area contributed by atoms with E-state index in [1.165, 1.54) is 11.1 Å². The molecule has 0 radical (unpaired) electrons. The number of amides is 1. The summed E-state index contributed by atoms with van der Waals surface area (Å²) in [5, 5.41) is 13.1. The van der Waals surface area contributed by atoms with Crippen LogP contribution in [0, 0.1) is 6.92 Å². The first kappa shape index (κ1) is 19.2. The first-order valence-electron chi connectivity index (χ1n) is 9.24. The number of aryl methyl sites for hydroxylation is 1. The lowest BCUT2D eigenvalue weighted by Gasteiger charge is -2.30. The molecule has 142 valence electrons. The predicted octanol–water partition coefficient (Wildman–Crippen LogP) is 1.72. The van der Waals surface area contributed by atoms with Crippen molar-refractivity contribution in [2.45, 2.75) is 32.9 Å². The van der Waals surface area contributed by atoms with Crippen LogP contribution in [0.5, 0.6) is 0 Å². The maximum absolute atomic E-state index is 12.3. The van der Waals surface area contributed by atoms with E-state index in [2.05, 4.69) is 38.4 Å². The Morgan fingerprint density at radius 1 is 1.30 bits per heavy atom. The van der Waals surface area contributed by atoms with E-state index in [0.717, 1.165) is 25.2 Å². The van der Waals surface area contributed by atoms with Crippen LogP contribution in [0.1, 0.15) is 29.4 Å². The average molecular weight is 366 g/mol. The lowest BCUT2D eigenvalue weighted by Crippen LogP contribution is -2.42. The Bertz CT molecular complexity index is 834. The summed E-state index contributed by atoms with van der Waals surface area (Å²) in [6, 6.07) is 8.42. The van der Waals surface area contributed by atoms with Gasteiger partial charge in [-0.3, -0.25) is 19.7 Å². The minimum atomic E-state index is -0.606. The smallest absolute Gasteiger partial charge is 0.247 e. The molecule has 2 heterocycles. The Balaban J connectivity index is 1.48. The zero-order valence-corrected chi connectivity index (χ0v) is 15.9. The maximum Gasteiger partial charge on any atom is 0.247 e. The summed E-state index contributed by atoms with van der Waals surface area (Å²) in [6.45, 7) is 6.11. The molecule has 27 heavy (non-hydrogen) atoms. The summed E-state index contributed by atoms with van der Waals surface area (Å²) in [6.07, 6.45) is 5.33. The molecule has 0 spiro atoms. The molecular formula is C21H26N4O2. The number of carbonyl (C=O) groups is 1. The molecule has 0 aliphatic carbocycles. The highest BCUT2D eigenvalue weighted by molar-refractivity contribution is 5.97. The summed E-state index contributed by atoms with van der Waals surface area (Å²) in [5.74, 6) is -0.205. The van der Waals surface area contributed by atoms with E-state index in [1.54, 1.807) is 25.4 Å². The fourth-order valence-electron chi connectivity index (χ4n) is 3.25. The van der Waals surface area contributed by atoms with Gasteiger partial charge in [0.25, 0.3) is 0 Å². The maximum atomic E-state index is 12.3. The van der Waals surface area contributed by atoms with Gasteiger partial charge in [-0.1, -0.05) is 24.3 Å². The van der Waals surface area contributed by atoms with Gasteiger partial charge in [-0.25, -0.2) is 0 Å². The number of aromatic nitrogens is 2. The molecule has 0 saturated carbocycles. The van der Waals surface area contributed by atoms with E-state index in [9.17, 15) is 9.90 Å². The van der Waals surface area contributed by atoms with E-state index in [-0.39, 0.29) is 12.5 Å². The molecule has 1 atom stereocenters. The normalized spacial score (nSPS) is 15.9. The van der Waals surface area contributed by atoms with Gasteiger partial charge in [0.05, 0.1) is 17.5 Å². The van der Waals surface area contributed by atoms with Gasteiger partial charge in [0.2, 0.25) is 5.91 Å². The van der Waals surface area contributed by atoms with Crippen molar-refractivity contribution >= 4 is 12.0 Å². The molecule has 6 heteroatoms. The van der Waals surface area contributed by atoms with Crippen LogP contribution in [0.2, 0.25) is 0 Å². The topological polar surface area (TPSA) is 78.3 Å². The summed E-state index contributed by atoms with van der Waals surface area (Å²) < 4.78 is 0. The van der Waals surface area contributed by atoms with Gasteiger partial charge in [-0.05, 0) is 37.5 Å². The molecule has 0 saturated heterocycles. The van der Waals surface area contributed by atoms with Crippen molar-refractivity contribution in [3.8, 4) is 0 Å². The third kappa shape index (κ3) is 5.21. The number of fused-ring (bicyclic) bond motifs is 1. The Hall–Kier alpha value is -2.57. The van der Waals surface area contributed by atoms with Crippen molar-refractivity contribution in [3.05, 3.63) is 64.7 Å². The quantitative estimate of drug-likeness (QED) is 0.761. The van der Waals surface area contributed by atoms with Crippen molar-refractivity contribution in [2.75, 3.05) is 19.6 Å². The molecule has 2 N–H and O–H groups in total. The first-order chi connectivity index (χ1) is 13.0. The number of nitrogens with zero attached hydrogens (tertiary/aromatic N) is 3. The van der Waals surface area contributed by atoms with Crippen LogP contribution in [-0.4, -0.2) is 51.6 Å². The van der Waals surface area contributed by atoms with E-state index >= 15 is 0 Å². The van der Waals surface area contributed by atoms with Crippen molar-refractivity contribution < 1.29 is 9.90 Å². The molecule has 0 bridgehead atoms. The lowest BCUT2D eigenvalue weighted by molar-refractivity contribution is -0.117. The summed E-state index contributed by atoms with van der Waals surface area (Å²) in [4.78, 5) is 22.9. The molecule has 1 aromatic carbocycles. The minimum absolute atomic E-state index is 0.205. The van der Waals surface area contributed by atoms with Gasteiger partial charge in [0.15, 0.2) is 0 Å². The van der Waals surface area contributed by atoms with Crippen molar-refractivity contribution in [3.63, 3.8) is 0 Å². The van der Waals surface area contributed by atoms with Crippen molar-refractivity contribution in [1.82, 2.24) is 20.2 Å². The number of β-amino-alcohol motifs (C(OH)–C–C–N with tert-alkyl or cyclic N) is 1. The summed E-state index contributed by atoms with van der Waals surface area (Å²) in [5.41, 5.74) is 4.69. The van der Waals surface area contributed by atoms with E-state index < -0.39 is 6.10 Å². The fraction of sp³-hybridized carbons (Fsp3) is 0.381. The zero-order valence-electron chi connectivity index (χ0n) is 15.9. The van der Waals surface area contributed by atoms with Crippen LogP contribution in [0.3, 0.4) is 0 Å². The molecule has 1 unspecified atom stereocenters. The number of aliphatic hydroxyl groups is 1. The van der Waals surface area contributed by atoms with Gasteiger partial charge in [0, 0.05) is 44.1 Å². The van der Waals surface area contributed by atoms with Crippen LogP contribution in [0.15, 0.2) is 42.2 Å². The highest BCUT2D eigenvalue weighted by atomic mass is 16.3. The Morgan fingerprint density at radius 3 is 2.81 bits per heavy atom. The van der Waals surface area contributed by atoms with E-state index in [0.29, 0.717) is 17.8 Å². The molecular weight excluding hydrogens is 340 g/mol. The van der Waals surface area contributed by atoms with Crippen molar-refractivity contribution in [1.29, 1.82) is 0 Å². The minimum Gasteiger partial charge on any atom is -0.390 e. The van der Waals surface area contributed by atoms with Crippen molar-refractivity contribution in [2.24, 2.45) is 0 Å². The second kappa shape index (κ2) is 8.88. The zero-order chi connectivity index (χ0) is 19.2. The van der Waals surface area contributed by atoms with Gasteiger partial charge >= 0.3 is 0 Å². The molecule has 1 amide bonds. The second-order valence-corrected chi connectivity index (χ2v) is 6.97. The van der Waals surface area contributed by atoms with Crippen LogP contribution >= 0.6 is 0 Å². The molecule has 6 nitrogen and oxygen atoms in total. The average Bonchev–Trinajstić information content (AvgIpc) is 2.67. The summed E-state index contributed by atoms with van der Waals surface area (Å²) >= 11 is 0. The number of benzene rings is 1. The van der Waals surface area contributed by atoms with Crippen LogP contribution in [0.25, 0.3) is 6.08 Å². The Labute approximate surface area is 160 Å². The Morgan fingerprint density at radius 2 is 2.04 bits per heavy atom. The highest BCUT2D eigenvalue weighted by Crippen LogP contribution is 2.18. The van der Waals surface area contributed by atoms with E-state index in [1.807, 2.05) is 13.0 Å². The number of hydrogen-bond acceptors (Lipinski definition) is 5. The number of carbonyl (C=O) groups excluding carboxylic acids is 1. The van der Waals surface area contributed by atoms with Crippen LogP contribution < -0.4 is 5.32 Å². The van der Waals surface area contributed by atoms with E-state index in [4.69, 9.17) is 0 Å². The monoisotopic (exact) mass is 366 g/mol. The number of nitrogens with one attached hydrogen (secondary N) is 1. The fourth-order valence-corrected chi connectivity index (χ4v) is 3.25. The predicted molar refractivity (Wildman–Crippen MR) is 105 cm³/mol.